The second-order valence-corrected chi connectivity index (χ2v) is 7.21. The van der Waals surface area contributed by atoms with Crippen LogP contribution in [0, 0.1) is 5.92 Å². The molecular formula is C13H20ClNO2S. The number of halogens is 1. The molecule has 0 amide bonds. The predicted molar refractivity (Wildman–Crippen MR) is 76.4 cm³/mol. The van der Waals surface area contributed by atoms with E-state index >= 15 is 0 Å². The highest BCUT2D eigenvalue weighted by atomic mass is 35.5. The molecule has 0 aliphatic carbocycles. The summed E-state index contributed by atoms with van der Waals surface area (Å²) in [5.41, 5.74) is 6.53. The minimum absolute atomic E-state index is 0.00717. The third-order valence-electron chi connectivity index (χ3n) is 3.15. The first-order valence-corrected chi connectivity index (χ1v) is 8.25. The average molecular weight is 290 g/mol. The number of sulfone groups is 1. The molecule has 2 N–H and O–H groups in total. The van der Waals surface area contributed by atoms with Crippen molar-refractivity contribution in [1.29, 1.82) is 0 Å². The van der Waals surface area contributed by atoms with Gasteiger partial charge in [0, 0.05) is 11.1 Å². The van der Waals surface area contributed by atoms with Crippen molar-refractivity contribution in [3.63, 3.8) is 0 Å². The lowest BCUT2D eigenvalue weighted by Crippen LogP contribution is -2.35. The Morgan fingerprint density at radius 2 is 1.94 bits per heavy atom. The minimum Gasteiger partial charge on any atom is -0.327 e. The highest BCUT2D eigenvalue weighted by Crippen LogP contribution is 2.19. The van der Waals surface area contributed by atoms with Crippen molar-refractivity contribution < 1.29 is 8.42 Å². The first-order valence-electron chi connectivity index (χ1n) is 6.05. The molecule has 1 aromatic rings. The fourth-order valence-electron chi connectivity index (χ4n) is 1.67. The topological polar surface area (TPSA) is 60.2 Å². The van der Waals surface area contributed by atoms with Gasteiger partial charge < -0.3 is 5.73 Å². The van der Waals surface area contributed by atoms with Crippen LogP contribution >= 0.6 is 11.6 Å². The Morgan fingerprint density at radius 3 is 2.50 bits per heavy atom. The smallest absolute Gasteiger partial charge is 0.156 e. The minimum atomic E-state index is -3.22. The summed E-state index contributed by atoms with van der Waals surface area (Å²) in [5.74, 6) is 0.162. The molecule has 3 nitrogen and oxygen atoms in total. The number of benzene rings is 1. The number of hydrogen-bond acceptors (Lipinski definition) is 3. The van der Waals surface area contributed by atoms with Crippen molar-refractivity contribution in [2.45, 2.75) is 32.1 Å². The molecule has 0 saturated heterocycles. The van der Waals surface area contributed by atoms with E-state index in [1.165, 1.54) is 0 Å². The Bertz CT molecular complexity index is 488. The molecule has 0 bridgehead atoms. The fourth-order valence-corrected chi connectivity index (χ4v) is 3.71. The van der Waals surface area contributed by atoms with Crippen LogP contribution in [0.3, 0.4) is 0 Å². The zero-order chi connectivity index (χ0) is 13.8. The summed E-state index contributed by atoms with van der Waals surface area (Å²) in [7, 11) is -3.22. The van der Waals surface area contributed by atoms with Crippen LogP contribution in [-0.4, -0.2) is 20.2 Å². The van der Waals surface area contributed by atoms with Gasteiger partial charge in [0.15, 0.2) is 9.84 Å². The lowest BCUT2D eigenvalue weighted by Gasteiger charge is -2.18. The van der Waals surface area contributed by atoms with E-state index in [2.05, 4.69) is 0 Å². The highest BCUT2D eigenvalue weighted by Gasteiger charge is 2.21. The van der Waals surface area contributed by atoms with Crippen LogP contribution in [0.1, 0.15) is 25.8 Å². The molecule has 0 aromatic heterocycles. The van der Waals surface area contributed by atoms with Gasteiger partial charge in [-0.2, -0.15) is 0 Å². The summed E-state index contributed by atoms with van der Waals surface area (Å²) in [5, 5.41) is 0.484. The highest BCUT2D eigenvalue weighted by molar-refractivity contribution is 7.90. The van der Waals surface area contributed by atoms with Gasteiger partial charge in [0.05, 0.1) is 11.5 Å². The van der Waals surface area contributed by atoms with E-state index in [0.717, 1.165) is 6.42 Å². The standard InChI is InChI=1S/C13H20ClNO2S/c1-3-10(2)13(15)9-18(16,17)8-11-6-4-5-7-12(11)14/h4-7,10,13H,3,8-9,15H2,1-2H3. The van der Waals surface area contributed by atoms with Crippen LogP contribution in [0.4, 0.5) is 0 Å². The third-order valence-corrected chi connectivity index (χ3v) is 5.17. The normalized spacial score (nSPS) is 15.3. The van der Waals surface area contributed by atoms with Crippen molar-refractivity contribution in [2.75, 3.05) is 5.75 Å². The number of rotatable bonds is 6. The van der Waals surface area contributed by atoms with Gasteiger partial charge in [0.1, 0.15) is 0 Å². The molecule has 0 aliphatic rings. The van der Waals surface area contributed by atoms with Crippen molar-refractivity contribution >= 4 is 21.4 Å². The third kappa shape index (κ3) is 4.59. The molecule has 0 spiro atoms. The van der Waals surface area contributed by atoms with E-state index in [1.807, 2.05) is 13.8 Å². The van der Waals surface area contributed by atoms with Crippen LogP contribution in [0.15, 0.2) is 24.3 Å². The Morgan fingerprint density at radius 1 is 1.33 bits per heavy atom. The van der Waals surface area contributed by atoms with Gasteiger partial charge in [-0.15, -0.1) is 0 Å². The Balaban J connectivity index is 2.74. The van der Waals surface area contributed by atoms with Crippen molar-refractivity contribution in [3.05, 3.63) is 34.9 Å². The maximum Gasteiger partial charge on any atom is 0.156 e. The van der Waals surface area contributed by atoms with Gasteiger partial charge in [0.2, 0.25) is 0 Å². The predicted octanol–water partition coefficient (Wildman–Crippen LogP) is 2.63. The molecule has 5 heteroatoms. The lowest BCUT2D eigenvalue weighted by molar-refractivity contribution is 0.466. The van der Waals surface area contributed by atoms with Gasteiger partial charge in [-0.3, -0.25) is 0 Å². The molecule has 2 atom stereocenters. The van der Waals surface area contributed by atoms with Gasteiger partial charge in [-0.25, -0.2) is 8.42 Å². The molecule has 0 heterocycles. The van der Waals surface area contributed by atoms with Gasteiger partial charge in [-0.1, -0.05) is 50.1 Å². The van der Waals surface area contributed by atoms with E-state index in [4.69, 9.17) is 17.3 Å². The summed E-state index contributed by atoms with van der Waals surface area (Å²) in [6.45, 7) is 3.97. The van der Waals surface area contributed by atoms with Crippen LogP contribution in [0.2, 0.25) is 5.02 Å². The van der Waals surface area contributed by atoms with E-state index in [9.17, 15) is 8.42 Å². The van der Waals surface area contributed by atoms with Gasteiger partial charge in [0.25, 0.3) is 0 Å². The van der Waals surface area contributed by atoms with Crippen LogP contribution in [0.25, 0.3) is 0 Å². The van der Waals surface area contributed by atoms with E-state index in [-0.39, 0.29) is 23.5 Å². The molecule has 0 radical (unpaired) electrons. The summed E-state index contributed by atoms with van der Waals surface area (Å²) in [6.07, 6.45) is 0.878. The first-order chi connectivity index (χ1) is 8.35. The van der Waals surface area contributed by atoms with Gasteiger partial charge >= 0.3 is 0 Å². The summed E-state index contributed by atoms with van der Waals surface area (Å²) < 4.78 is 24.1. The summed E-state index contributed by atoms with van der Waals surface area (Å²) in [4.78, 5) is 0. The first kappa shape index (κ1) is 15.5. The molecular weight excluding hydrogens is 270 g/mol. The second-order valence-electron chi connectivity index (χ2n) is 4.70. The zero-order valence-electron chi connectivity index (χ0n) is 10.8. The van der Waals surface area contributed by atoms with Crippen LogP contribution in [-0.2, 0) is 15.6 Å². The zero-order valence-corrected chi connectivity index (χ0v) is 12.3. The largest absolute Gasteiger partial charge is 0.327 e. The molecule has 0 saturated carbocycles. The van der Waals surface area contributed by atoms with Crippen molar-refractivity contribution in [2.24, 2.45) is 11.7 Å². The molecule has 1 aromatic carbocycles. The molecule has 2 unspecified atom stereocenters. The van der Waals surface area contributed by atoms with Crippen LogP contribution < -0.4 is 5.73 Å². The van der Waals surface area contributed by atoms with E-state index < -0.39 is 9.84 Å². The quantitative estimate of drug-likeness (QED) is 0.876. The summed E-state index contributed by atoms with van der Waals surface area (Å²) in [6, 6.07) is 6.67. The average Bonchev–Trinajstić information content (AvgIpc) is 2.30. The maximum absolute atomic E-state index is 12.0. The Kier molecular flexibility index (Phi) is 5.63. The van der Waals surface area contributed by atoms with E-state index in [1.54, 1.807) is 24.3 Å². The second kappa shape index (κ2) is 6.55. The molecule has 0 aliphatic heterocycles. The SMILES string of the molecule is CCC(C)C(N)CS(=O)(=O)Cc1ccccc1Cl. The van der Waals surface area contributed by atoms with Crippen molar-refractivity contribution in [3.8, 4) is 0 Å². The molecule has 0 fully saturated rings. The Hall–Kier alpha value is -0.580. The lowest BCUT2D eigenvalue weighted by atomic mass is 10.0. The summed E-state index contributed by atoms with van der Waals surface area (Å²) >= 11 is 5.96. The number of hydrogen-bond donors (Lipinski definition) is 1. The maximum atomic E-state index is 12.0. The number of nitrogens with two attached hydrogens (primary N) is 1. The molecule has 18 heavy (non-hydrogen) atoms. The molecule has 102 valence electrons. The fraction of sp³-hybridized carbons (Fsp3) is 0.538. The van der Waals surface area contributed by atoms with E-state index in [0.29, 0.717) is 10.6 Å². The van der Waals surface area contributed by atoms with Crippen LogP contribution in [0.5, 0.6) is 0 Å². The molecule has 1 rings (SSSR count). The monoisotopic (exact) mass is 289 g/mol. The van der Waals surface area contributed by atoms with Crippen molar-refractivity contribution in [1.82, 2.24) is 0 Å². The van der Waals surface area contributed by atoms with Gasteiger partial charge in [-0.05, 0) is 17.5 Å². The Labute approximate surface area is 114 Å².